The molecule has 0 aliphatic heterocycles. The number of aryl methyl sites for hydroxylation is 1. The molecule has 2 aliphatic carbocycles. The van der Waals surface area contributed by atoms with E-state index in [1.807, 2.05) is 30.1 Å². The van der Waals surface area contributed by atoms with E-state index >= 15 is 0 Å². The summed E-state index contributed by atoms with van der Waals surface area (Å²) in [6.45, 7) is 6.72. The largest absolute Gasteiger partial charge is 0.446 e. The van der Waals surface area contributed by atoms with Crippen LogP contribution in [0.2, 0.25) is 0 Å². The van der Waals surface area contributed by atoms with Crippen molar-refractivity contribution in [1.82, 2.24) is 24.5 Å². The van der Waals surface area contributed by atoms with Crippen LogP contribution in [-0.2, 0) is 21.6 Å². The minimum absolute atomic E-state index is 0.0707. The van der Waals surface area contributed by atoms with E-state index in [0.717, 1.165) is 31.4 Å². The second-order valence-corrected chi connectivity index (χ2v) is 10.7. The molecule has 9 heteroatoms. The summed E-state index contributed by atoms with van der Waals surface area (Å²) in [6.07, 6.45) is 10.9. The van der Waals surface area contributed by atoms with Crippen LogP contribution >= 0.6 is 0 Å². The van der Waals surface area contributed by atoms with E-state index in [0.29, 0.717) is 24.8 Å². The standard InChI is InChI=1S/C25H38N6O3/c1-25(2,3)31-22(27-23(32)11-14-30-13-8-12-26-30)17-21(28-31)18-15-20(16-18)34-24(33)29(4)19-9-6-5-7-10-19/h8,12-13,17-20H,5-7,9-11,14-16H2,1-4H3,(H,27,32)/t18-,20+. The van der Waals surface area contributed by atoms with Crippen molar-refractivity contribution in [2.24, 2.45) is 0 Å². The number of hydrogen-bond acceptors (Lipinski definition) is 5. The summed E-state index contributed by atoms with van der Waals surface area (Å²) in [7, 11) is 1.86. The molecule has 0 aromatic carbocycles. The maximum Gasteiger partial charge on any atom is 0.410 e. The fourth-order valence-electron chi connectivity index (χ4n) is 4.80. The molecule has 2 aliphatic rings. The molecule has 9 nitrogen and oxygen atoms in total. The Morgan fingerprint density at radius 2 is 1.94 bits per heavy atom. The Hall–Kier alpha value is -2.84. The molecule has 2 aromatic rings. The lowest BCUT2D eigenvalue weighted by atomic mass is 9.80. The molecule has 2 fully saturated rings. The summed E-state index contributed by atoms with van der Waals surface area (Å²) < 4.78 is 9.39. The number of carbonyl (C=O) groups excluding carboxylic acids is 2. The molecule has 2 saturated carbocycles. The molecule has 2 aromatic heterocycles. The molecule has 0 spiro atoms. The van der Waals surface area contributed by atoms with Gasteiger partial charge in [-0.25, -0.2) is 9.48 Å². The highest BCUT2D eigenvalue weighted by Crippen LogP contribution is 2.40. The topological polar surface area (TPSA) is 94.3 Å². The number of rotatable bonds is 7. The van der Waals surface area contributed by atoms with E-state index in [2.05, 4.69) is 31.2 Å². The van der Waals surface area contributed by atoms with Gasteiger partial charge in [0, 0.05) is 50.4 Å². The normalized spacial score (nSPS) is 21.1. The summed E-state index contributed by atoms with van der Waals surface area (Å²) in [6, 6.07) is 4.11. The van der Waals surface area contributed by atoms with Crippen LogP contribution < -0.4 is 5.32 Å². The quantitative estimate of drug-likeness (QED) is 0.642. The number of carbonyl (C=O) groups is 2. The van der Waals surface area contributed by atoms with Gasteiger partial charge in [0.05, 0.1) is 11.2 Å². The number of nitrogens with zero attached hydrogens (tertiary/aromatic N) is 5. The zero-order chi connectivity index (χ0) is 24.3. The SMILES string of the molecule is CN(C(=O)O[C@H]1C[C@@H](c2cc(NC(=O)CCn3cccn3)n(C(C)(C)C)n2)C1)C1CCCCC1. The highest BCUT2D eigenvalue weighted by atomic mass is 16.6. The molecule has 0 atom stereocenters. The number of ether oxygens (including phenoxy) is 1. The monoisotopic (exact) mass is 470 g/mol. The van der Waals surface area contributed by atoms with Crippen LogP contribution in [0.15, 0.2) is 24.5 Å². The second kappa shape index (κ2) is 10.2. The Morgan fingerprint density at radius 1 is 1.21 bits per heavy atom. The molecular weight excluding hydrogens is 432 g/mol. The van der Waals surface area contributed by atoms with Gasteiger partial charge in [0.1, 0.15) is 11.9 Å². The van der Waals surface area contributed by atoms with Crippen LogP contribution in [0.4, 0.5) is 10.6 Å². The first-order valence-corrected chi connectivity index (χ1v) is 12.5. The van der Waals surface area contributed by atoms with E-state index in [1.165, 1.54) is 19.3 Å². The summed E-state index contributed by atoms with van der Waals surface area (Å²) in [4.78, 5) is 26.9. The minimum Gasteiger partial charge on any atom is -0.446 e. The molecule has 0 radical (unpaired) electrons. The molecule has 4 rings (SSSR count). The molecule has 2 heterocycles. The highest BCUT2D eigenvalue weighted by Gasteiger charge is 2.37. The van der Waals surface area contributed by atoms with Crippen LogP contribution in [0.1, 0.15) is 83.7 Å². The van der Waals surface area contributed by atoms with Gasteiger partial charge in [0.2, 0.25) is 5.91 Å². The molecule has 0 bridgehead atoms. The van der Waals surface area contributed by atoms with E-state index in [4.69, 9.17) is 9.84 Å². The summed E-state index contributed by atoms with van der Waals surface area (Å²) in [5.41, 5.74) is 0.659. The van der Waals surface area contributed by atoms with Crippen molar-refractivity contribution in [3.63, 3.8) is 0 Å². The lowest BCUT2D eigenvalue weighted by Crippen LogP contribution is -2.42. The maximum atomic E-state index is 12.6. The molecule has 0 unspecified atom stereocenters. The number of amides is 2. The number of hydrogen-bond donors (Lipinski definition) is 1. The Bertz CT molecular complexity index is 965. The van der Waals surface area contributed by atoms with Gasteiger partial charge in [-0.15, -0.1) is 0 Å². The molecule has 186 valence electrons. The van der Waals surface area contributed by atoms with Crippen molar-refractivity contribution in [2.45, 2.75) is 102 Å². The molecule has 34 heavy (non-hydrogen) atoms. The number of anilines is 1. The first kappa shape index (κ1) is 24.3. The van der Waals surface area contributed by atoms with Crippen LogP contribution in [0.25, 0.3) is 0 Å². The summed E-state index contributed by atoms with van der Waals surface area (Å²) in [5.74, 6) is 0.852. The molecular formula is C25H38N6O3. The zero-order valence-electron chi connectivity index (χ0n) is 20.9. The van der Waals surface area contributed by atoms with Gasteiger partial charge in [-0.2, -0.15) is 10.2 Å². The van der Waals surface area contributed by atoms with Crippen LogP contribution in [0.5, 0.6) is 0 Å². The van der Waals surface area contributed by atoms with Gasteiger partial charge in [-0.1, -0.05) is 19.3 Å². The third-order valence-electron chi connectivity index (χ3n) is 6.95. The minimum atomic E-state index is -0.277. The van der Waals surface area contributed by atoms with Gasteiger partial charge in [-0.3, -0.25) is 9.48 Å². The van der Waals surface area contributed by atoms with Crippen molar-refractivity contribution >= 4 is 17.8 Å². The number of aromatic nitrogens is 4. The Morgan fingerprint density at radius 3 is 2.59 bits per heavy atom. The average Bonchev–Trinajstić information content (AvgIpc) is 3.44. The van der Waals surface area contributed by atoms with E-state index < -0.39 is 0 Å². The smallest absolute Gasteiger partial charge is 0.410 e. The lowest BCUT2D eigenvalue weighted by Gasteiger charge is -2.37. The van der Waals surface area contributed by atoms with E-state index in [-0.39, 0.29) is 29.6 Å². The molecule has 0 saturated heterocycles. The van der Waals surface area contributed by atoms with E-state index in [9.17, 15) is 9.59 Å². The third-order valence-corrected chi connectivity index (χ3v) is 6.95. The van der Waals surface area contributed by atoms with Crippen molar-refractivity contribution in [3.8, 4) is 0 Å². The Labute approximate surface area is 201 Å². The van der Waals surface area contributed by atoms with Crippen molar-refractivity contribution in [3.05, 3.63) is 30.2 Å². The maximum absolute atomic E-state index is 12.6. The van der Waals surface area contributed by atoms with Crippen molar-refractivity contribution in [2.75, 3.05) is 12.4 Å². The van der Waals surface area contributed by atoms with Gasteiger partial charge in [-0.05, 0) is 52.5 Å². The fourth-order valence-corrected chi connectivity index (χ4v) is 4.80. The van der Waals surface area contributed by atoms with Gasteiger partial charge < -0.3 is 15.0 Å². The first-order chi connectivity index (χ1) is 16.2. The van der Waals surface area contributed by atoms with Crippen LogP contribution in [0, 0.1) is 0 Å². The fraction of sp³-hybridized carbons (Fsp3) is 0.680. The van der Waals surface area contributed by atoms with Gasteiger partial charge in [0.15, 0.2) is 0 Å². The zero-order valence-corrected chi connectivity index (χ0v) is 20.9. The average molecular weight is 471 g/mol. The Balaban J connectivity index is 1.32. The molecule has 2 amide bonds. The first-order valence-electron chi connectivity index (χ1n) is 12.5. The van der Waals surface area contributed by atoms with Crippen molar-refractivity contribution in [1.29, 1.82) is 0 Å². The summed E-state index contributed by atoms with van der Waals surface area (Å²) in [5, 5.41) is 12.0. The van der Waals surface area contributed by atoms with Gasteiger partial charge in [0.25, 0.3) is 0 Å². The second-order valence-electron chi connectivity index (χ2n) is 10.7. The van der Waals surface area contributed by atoms with Gasteiger partial charge >= 0.3 is 6.09 Å². The number of nitrogens with one attached hydrogen (secondary N) is 1. The summed E-state index contributed by atoms with van der Waals surface area (Å²) >= 11 is 0. The lowest BCUT2D eigenvalue weighted by molar-refractivity contribution is -0.116. The molecule has 1 N–H and O–H groups in total. The predicted molar refractivity (Wildman–Crippen MR) is 130 cm³/mol. The van der Waals surface area contributed by atoms with Crippen LogP contribution in [-0.4, -0.2) is 55.7 Å². The van der Waals surface area contributed by atoms with E-state index in [1.54, 1.807) is 15.8 Å². The van der Waals surface area contributed by atoms with Crippen LogP contribution in [0.3, 0.4) is 0 Å². The third kappa shape index (κ3) is 5.80. The Kier molecular flexibility index (Phi) is 7.28. The van der Waals surface area contributed by atoms with Crippen molar-refractivity contribution < 1.29 is 14.3 Å². The highest BCUT2D eigenvalue weighted by molar-refractivity contribution is 5.89. The predicted octanol–water partition coefficient (Wildman–Crippen LogP) is 4.51.